The molecule has 8 heteroatoms. The molecule has 0 saturated heterocycles. The summed E-state index contributed by atoms with van der Waals surface area (Å²) in [7, 11) is -1.78. The van der Waals surface area contributed by atoms with Gasteiger partial charge in [0, 0.05) is 12.8 Å². The van der Waals surface area contributed by atoms with Crippen LogP contribution in [-0.2, 0) is 9.84 Å². The number of rotatable bonds is 5. The first-order chi connectivity index (χ1) is 8.76. The van der Waals surface area contributed by atoms with Gasteiger partial charge in [-0.05, 0) is 12.1 Å². The molecule has 0 saturated carbocycles. The second-order valence-corrected chi connectivity index (χ2v) is 6.90. The van der Waals surface area contributed by atoms with Crippen molar-refractivity contribution in [1.29, 1.82) is 0 Å². The van der Waals surface area contributed by atoms with Gasteiger partial charge in [0.05, 0.1) is 22.9 Å². The molecule has 1 rings (SSSR count). The first-order valence-electron chi connectivity index (χ1n) is 5.24. The molecule has 0 aliphatic rings. The second kappa shape index (κ2) is 6.45. The van der Waals surface area contributed by atoms with Crippen molar-refractivity contribution < 1.29 is 17.9 Å². The molecule has 106 valence electrons. The summed E-state index contributed by atoms with van der Waals surface area (Å²) >= 11 is 11.8. The van der Waals surface area contributed by atoms with Gasteiger partial charge in [-0.15, -0.1) is 0 Å². The van der Waals surface area contributed by atoms with E-state index in [1.807, 2.05) is 0 Å². The fourth-order valence-corrected chi connectivity index (χ4v) is 2.32. The molecule has 0 aromatic heterocycles. The van der Waals surface area contributed by atoms with E-state index in [2.05, 4.69) is 5.32 Å². The monoisotopic (exact) mass is 325 g/mol. The Kier molecular flexibility index (Phi) is 5.46. The normalized spacial score (nSPS) is 11.2. The van der Waals surface area contributed by atoms with Crippen molar-refractivity contribution in [2.24, 2.45) is 0 Å². The molecule has 1 N–H and O–H groups in total. The first kappa shape index (κ1) is 16.1. The van der Waals surface area contributed by atoms with E-state index < -0.39 is 15.7 Å². The van der Waals surface area contributed by atoms with Crippen LogP contribution in [0.2, 0.25) is 10.0 Å². The fraction of sp³-hybridized carbons (Fsp3) is 0.364. The van der Waals surface area contributed by atoms with Crippen molar-refractivity contribution in [2.75, 3.05) is 25.7 Å². The van der Waals surface area contributed by atoms with Gasteiger partial charge in [0.1, 0.15) is 15.4 Å². The van der Waals surface area contributed by atoms with Crippen molar-refractivity contribution in [1.82, 2.24) is 5.32 Å². The Labute approximate surface area is 121 Å². The van der Waals surface area contributed by atoms with Crippen LogP contribution in [0.4, 0.5) is 0 Å². The van der Waals surface area contributed by atoms with E-state index in [-0.39, 0.29) is 33.7 Å². The largest absolute Gasteiger partial charge is 0.494 e. The van der Waals surface area contributed by atoms with Gasteiger partial charge in [-0.1, -0.05) is 23.2 Å². The number of halogens is 2. The zero-order valence-electron chi connectivity index (χ0n) is 10.4. The summed E-state index contributed by atoms with van der Waals surface area (Å²) < 4.78 is 27.0. The minimum Gasteiger partial charge on any atom is -0.494 e. The van der Waals surface area contributed by atoms with E-state index in [0.717, 1.165) is 6.26 Å². The Morgan fingerprint density at radius 3 is 2.42 bits per heavy atom. The van der Waals surface area contributed by atoms with Gasteiger partial charge >= 0.3 is 0 Å². The number of hydrogen-bond acceptors (Lipinski definition) is 4. The van der Waals surface area contributed by atoms with E-state index >= 15 is 0 Å². The van der Waals surface area contributed by atoms with E-state index in [9.17, 15) is 13.2 Å². The van der Waals surface area contributed by atoms with E-state index in [1.165, 1.54) is 19.2 Å². The number of carbonyl (C=O) groups excluding carboxylic acids is 1. The molecule has 0 radical (unpaired) electrons. The summed E-state index contributed by atoms with van der Waals surface area (Å²) in [5.41, 5.74) is 0.0881. The molecular formula is C11H13Cl2NO4S. The second-order valence-electron chi connectivity index (χ2n) is 3.82. The Hall–Kier alpha value is -0.980. The SMILES string of the molecule is COc1c(Cl)ccc(Cl)c1C(=O)NCCS(C)(=O)=O. The van der Waals surface area contributed by atoms with Crippen LogP contribution in [0.25, 0.3) is 0 Å². The third-order valence-electron chi connectivity index (χ3n) is 2.25. The summed E-state index contributed by atoms with van der Waals surface area (Å²) in [6.07, 6.45) is 1.09. The average molecular weight is 326 g/mol. The predicted octanol–water partition coefficient (Wildman–Crippen LogP) is 1.78. The smallest absolute Gasteiger partial charge is 0.256 e. The molecule has 1 aromatic rings. The highest BCUT2D eigenvalue weighted by molar-refractivity contribution is 7.90. The molecule has 19 heavy (non-hydrogen) atoms. The lowest BCUT2D eigenvalue weighted by molar-refractivity contribution is 0.0953. The van der Waals surface area contributed by atoms with E-state index in [0.29, 0.717) is 0 Å². The maximum Gasteiger partial charge on any atom is 0.256 e. The summed E-state index contributed by atoms with van der Waals surface area (Å²) in [6, 6.07) is 2.98. The van der Waals surface area contributed by atoms with E-state index in [4.69, 9.17) is 27.9 Å². The Balaban J connectivity index is 2.91. The molecular weight excluding hydrogens is 313 g/mol. The topological polar surface area (TPSA) is 72.5 Å². The number of carbonyl (C=O) groups is 1. The minimum atomic E-state index is -3.14. The predicted molar refractivity (Wildman–Crippen MR) is 75.1 cm³/mol. The van der Waals surface area contributed by atoms with Gasteiger partial charge in [0.25, 0.3) is 5.91 Å². The number of nitrogens with one attached hydrogen (secondary N) is 1. The van der Waals surface area contributed by atoms with Crippen molar-refractivity contribution in [2.45, 2.75) is 0 Å². The van der Waals surface area contributed by atoms with Crippen molar-refractivity contribution in [3.8, 4) is 5.75 Å². The molecule has 1 aromatic carbocycles. The summed E-state index contributed by atoms with van der Waals surface area (Å²) in [5.74, 6) is -0.529. The third kappa shape index (κ3) is 4.56. The van der Waals surface area contributed by atoms with Crippen LogP contribution in [0.15, 0.2) is 12.1 Å². The molecule has 1 amide bonds. The number of benzene rings is 1. The highest BCUT2D eigenvalue weighted by Gasteiger charge is 2.19. The van der Waals surface area contributed by atoms with Gasteiger partial charge in [0.15, 0.2) is 5.75 Å². The molecule has 0 bridgehead atoms. The van der Waals surface area contributed by atoms with Crippen LogP contribution in [0, 0.1) is 0 Å². The van der Waals surface area contributed by atoms with Crippen LogP contribution in [0.1, 0.15) is 10.4 Å². The van der Waals surface area contributed by atoms with Crippen LogP contribution in [0.3, 0.4) is 0 Å². The van der Waals surface area contributed by atoms with Crippen LogP contribution < -0.4 is 10.1 Å². The zero-order chi connectivity index (χ0) is 14.6. The fourth-order valence-electron chi connectivity index (χ4n) is 1.38. The molecule has 0 atom stereocenters. The van der Waals surface area contributed by atoms with Gasteiger partial charge in [-0.2, -0.15) is 0 Å². The van der Waals surface area contributed by atoms with Gasteiger partial charge < -0.3 is 10.1 Å². The van der Waals surface area contributed by atoms with E-state index in [1.54, 1.807) is 0 Å². The molecule has 0 heterocycles. The Morgan fingerprint density at radius 1 is 1.32 bits per heavy atom. The Bertz CT molecular complexity index is 587. The molecule has 0 aliphatic carbocycles. The summed E-state index contributed by atoms with van der Waals surface area (Å²) in [4.78, 5) is 12.0. The maximum atomic E-state index is 12.0. The van der Waals surface area contributed by atoms with Crippen molar-refractivity contribution in [3.05, 3.63) is 27.7 Å². The quantitative estimate of drug-likeness (QED) is 0.895. The van der Waals surface area contributed by atoms with Gasteiger partial charge in [0.2, 0.25) is 0 Å². The Morgan fingerprint density at radius 2 is 1.89 bits per heavy atom. The number of methoxy groups -OCH3 is 1. The number of sulfone groups is 1. The maximum absolute atomic E-state index is 12.0. The lowest BCUT2D eigenvalue weighted by Gasteiger charge is -2.12. The summed E-state index contributed by atoms with van der Waals surface area (Å²) in [5, 5.41) is 2.89. The molecule has 0 unspecified atom stereocenters. The standard InChI is InChI=1S/C11H13Cl2NO4S/c1-18-10-8(13)4-3-7(12)9(10)11(15)14-5-6-19(2,16)17/h3-4H,5-6H2,1-2H3,(H,14,15). The number of amides is 1. The van der Waals surface area contributed by atoms with Gasteiger partial charge in [-0.25, -0.2) is 8.42 Å². The minimum absolute atomic E-state index is 0.0103. The molecule has 0 spiro atoms. The lowest BCUT2D eigenvalue weighted by atomic mass is 10.2. The molecule has 5 nitrogen and oxygen atoms in total. The zero-order valence-corrected chi connectivity index (χ0v) is 12.7. The van der Waals surface area contributed by atoms with Crippen LogP contribution >= 0.6 is 23.2 Å². The highest BCUT2D eigenvalue weighted by Crippen LogP contribution is 2.33. The number of ether oxygens (including phenoxy) is 1. The summed E-state index contributed by atoms with van der Waals surface area (Å²) in [6.45, 7) is -0.0103. The van der Waals surface area contributed by atoms with Crippen LogP contribution in [-0.4, -0.2) is 40.0 Å². The van der Waals surface area contributed by atoms with Gasteiger partial charge in [-0.3, -0.25) is 4.79 Å². The molecule has 0 fully saturated rings. The number of hydrogen-bond donors (Lipinski definition) is 1. The van der Waals surface area contributed by atoms with Crippen molar-refractivity contribution in [3.63, 3.8) is 0 Å². The average Bonchev–Trinajstić information content (AvgIpc) is 2.29. The van der Waals surface area contributed by atoms with Crippen LogP contribution in [0.5, 0.6) is 5.75 Å². The molecule has 0 aliphatic heterocycles. The third-order valence-corrected chi connectivity index (χ3v) is 3.81. The highest BCUT2D eigenvalue weighted by atomic mass is 35.5. The lowest BCUT2D eigenvalue weighted by Crippen LogP contribution is -2.29. The first-order valence-corrected chi connectivity index (χ1v) is 8.06. The van der Waals surface area contributed by atoms with Crippen molar-refractivity contribution >= 4 is 38.9 Å².